The Labute approximate surface area is 136 Å². The summed E-state index contributed by atoms with van der Waals surface area (Å²) in [6, 6.07) is 4.55. The number of Topliss-reactive ketones (excluding diaryl/α,β-unsaturated/α-hetero) is 1. The van der Waals surface area contributed by atoms with Gasteiger partial charge in [-0.15, -0.1) is 0 Å². The van der Waals surface area contributed by atoms with Gasteiger partial charge in [0.1, 0.15) is 11.5 Å². The molecule has 1 amide bonds. The van der Waals surface area contributed by atoms with E-state index in [1.807, 2.05) is 0 Å². The molecule has 2 aromatic rings. The topological polar surface area (TPSA) is 62.0 Å². The van der Waals surface area contributed by atoms with E-state index in [0.29, 0.717) is 28.1 Å². The molecule has 22 heavy (non-hydrogen) atoms. The number of aromatic amines is 1. The zero-order valence-corrected chi connectivity index (χ0v) is 14.1. The SMILES string of the molecule is CC(=O)c1c(C)[nH]c(C(=O)NCc2cc(Br)ccc2F)c1C. The molecule has 0 aliphatic rings. The summed E-state index contributed by atoms with van der Waals surface area (Å²) < 4.78 is 14.4. The fraction of sp³-hybridized carbons (Fsp3) is 0.250. The maximum absolute atomic E-state index is 13.7. The predicted molar refractivity (Wildman–Crippen MR) is 85.5 cm³/mol. The lowest BCUT2D eigenvalue weighted by molar-refractivity contribution is 0.0945. The molecule has 2 N–H and O–H groups in total. The zero-order chi connectivity index (χ0) is 16.4. The molecule has 1 aromatic carbocycles. The van der Waals surface area contributed by atoms with Gasteiger partial charge in [0.25, 0.3) is 5.91 Å². The average molecular weight is 367 g/mol. The molecule has 0 saturated heterocycles. The minimum Gasteiger partial charge on any atom is -0.354 e. The second-order valence-electron chi connectivity index (χ2n) is 5.10. The smallest absolute Gasteiger partial charge is 0.268 e. The number of hydrogen-bond donors (Lipinski definition) is 2. The van der Waals surface area contributed by atoms with Gasteiger partial charge in [0, 0.05) is 27.8 Å². The number of benzene rings is 1. The van der Waals surface area contributed by atoms with Crippen LogP contribution in [-0.4, -0.2) is 16.7 Å². The van der Waals surface area contributed by atoms with E-state index in [1.165, 1.54) is 13.0 Å². The molecule has 4 nitrogen and oxygen atoms in total. The summed E-state index contributed by atoms with van der Waals surface area (Å²) in [5, 5.41) is 2.66. The molecular weight excluding hydrogens is 351 g/mol. The van der Waals surface area contributed by atoms with Gasteiger partial charge in [0.05, 0.1) is 0 Å². The number of hydrogen-bond acceptors (Lipinski definition) is 2. The van der Waals surface area contributed by atoms with Crippen LogP contribution in [0.1, 0.15) is 44.6 Å². The van der Waals surface area contributed by atoms with E-state index in [2.05, 4.69) is 26.2 Å². The van der Waals surface area contributed by atoms with Crippen molar-refractivity contribution in [1.82, 2.24) is 10.3 Å². The van der Waals surface area contributed by atoms with Gasteiger partial charge in [-0.05, 0) is 44.5 Å². The van der Waals surface area contributed by atoms with Crippen molar-refractivity contribution in [3.8, 4) is 0 Å². The largest absolute Gasteiger partial charge is 0.354 e. The first kappa shape index (κ1) is 16.4. The highest BCUT2D eigenvalue weighted by atomic mass is 79.9. The van der Waals surface area contributed by atoms with Crippen LogP contribution in [0, 0.1) is 19.7 Å². The third kappa shape index (κ3) is 3.27. The molecule has 0 unspecified atom stereocenters. The molecule has 1 heterocycles. The minimum absolute atomic E-state index is 0.0665. The highest BCUT2D eigenvalue weighted by Crippen LogP contribution is 2.19. The van der Waals surface area contributed by atoms with Gasteiger partial charge in [-0.2, -0.15) is 0 Å². The Bertz CT molecular complexity index is 753. The number of ketones is 1. The number of aryl methyl sites for hydroxylation is 1. The van der Waals surface area contributed by atoms with E-state index in [-0.39, 0.29) is 24.1 Å². The van der Waals surface area contributed by atoms with Crippen LogP contribution in [0.2, 0.25) is 0 Å². The Hall–Kier alpha value is -1.95. The Balaban J connectivity index is 2.18. The number of rotatable bonds is 4. The van der Waals surface area contributed by atoms with E-state index >= 15 is 0 Å². The van der Waals surface area contributed by atoms with Crippen molar-refractivity contribution in [3.05, 3.63) is 56.6 Å². The third-order valence-electron chi connectivity index (χ3n) is 3.46. The van der Waals surface area contributed by atoms with Crippen molar-refractivity contribution >= 4 is 27.6 Å². The number of nitrogens with one attached hydrogen (secondary N) is 2. The zero-order valence-electron chi connectivity index (χ0n) is 12.5. The Morgan fingerprint density at radius 3 is 2.59 bits per heavy atom. The fourth-order valence-electron chi connectivity index (χ4n) is 2.45. The fourth-order valence-corrected chi connectivity index (χ4v) is 2.86. The molecule has 0 aliphatic carbocycles. The van der Waals surface area contributed by atoms with Crippen molar-refractivity contribution in [2.75, 3.05) is 0 Å². The van der Waals surface area contributed by atoms with Gasteiger partial charge < -0.3 is 10.3 Å². The Morgan fingerprint density at radius 2 is 2.00 bits per heavy atom. The minimum atomic E-state index is -0.382. The number of aromatic nitrogens is 1. The first-order chi connectivity index (χ1) is 10.3. The number of halogens is 2. The molecular formula is C16H16BrFN2O2. The lowest BCUT2D eigenvalue weighted by Crippen LogP contribution is -2.24. The van der Waals surface area contributed by atoms with Gasteiger partial charge in [0.15, 0.2) is 5.78 Å². The summed E-state index contributed by atoms with van der Waals surface area (Å²) in [4.78, 5) is 26.7. The lowest BCUT2D eigenvalue weighted by atomic mass is 10.1. The third-order valence-corrected chi connectivity index (χ3v) is 3.96. The number of carbonyl (C=O) groups is 2. The van der Waals surface area contributed by atoms with Gasteiger partial charge in [-0.3, -0.25) is 9.59 Å². The van der Waals surface area contributed by atoms with Gasteiger partial charge in [-0.1, -0.05) is 15.9 Å². The predicted octanol–water partition coefficient (Wildman–Crippen LogP) is 3.67. The monoisotopic (exact) mass is 366 g/mol. The van der Waals surface area contributed by atoms with Crippen LogP contribution in [0.15, 0.2) is 22.7 Å². The highest BCUT2D eigenvalue weighted by molar-refractivity contribution is 9.10. The molecule has 116 valence electrons. The number of amides is 1. The maximum atomic E-state index is 13.7. The highest BCUT2D eigenvalue weighted by Gasteiger charge is 2.19. The van der Waals surface area contributed by atoms with Gasteiger partial charge in [-0.25, -0.2) is 4.39 Å². The summed E-state index contributed by atoms with van der Waals surface area (Å²) in [6.45, 7) is 4.99. The lowest BCUT2D eigenvalue weighted by Gasteiger charge is -2.07. The van der Waals surface area contributed by atoms with Crippen molar-refractivity contribution in [2.24, 2.45) is 0 Å². The standard InChI is InChI=1S/C16H16BrFN2O2/c1-8-14(10(3)21)9(2)20-15(8)16(22)19-7-11-6-12(17)4-5-13(11)18/h4-6,20H,7H2,1-3H3,(H,19,22). The van der Waals surface area contributed by atoms with Crippen LogP contribution in [0.4, 0.5) is 4.39 Å². The molecule has 0 bridgehead atoms. The Morgan fingerprint density at radius 1 is 1.32 bits per heavy atom. The van der Waals surface area contributed by atoms with Crippen LogP contribution < -0.4 is 5.32 Å². The molecule has 6 heteroatoms. The second kappa shape index (κ2) is 6.44. The van der Waals surface area contributed by atoms with E-state index in [0.717, 1.165) is 4.47 Å². The molecule has 0 aliphatic heterocycles. The quantitative estimate of drug-likeness (QED) is 0.811. The van der Waals surface area contributed by atoms with E-state index in [4.69, 9.17) is 0 Å². The molecule has 2 rings (SSSR count). The molecule has 0 spiro atoms. The molecule has 0 atom stereocenters. The molecule has 0 saturated carbocycles. The number of carbonyl (C=O) groups excluding carboxylic acids is 2. The molecule has 0 radical (unpaired) electrons. The van der Waals surface area contributed by atoms with E-state index in [1.54, 1.807) is 26.0 Å². The van der Waals surface area contributed by atoms with Gasteiger partial charge >= 0.3 is 0 Å². The van der Waals surface area contributed by atoms with Crippen LogP contribution >= 0.6 is 15.9 Å². The normalized spacial score (nSPS) is 10.6. The van der Waals surface area contributed by atoms with Crippen molar-refractivity contribution in [3.63, 3.8) is 0 Å². The Kier molecular flexibility index (Phi) is 4.81. The number of H-pyrrole nitrogens is 1. The van der Waals surface area contributed by atoms with Crippen molar-refractivity contribution in [2.45, 2.75) is 27.3 Å². The van der Waals surface area contributed by atoms with Crippen LogP contribution in [-0.2, 0) is 6.54 Å². The summed E-state index contributed by atoms with van der Waals surface area (Å²) in [6.07, 6.45) is 0. The van der Waals surface area contributed by atoms with Crippen LogP contribution in [0.25, 0.3) is 0 Å². The van der Waals surface area contributed by atoms with Crippen molar-refractivity contribution in [1.29, 1.82) is 0 Å². The molecule has 1 aromatic heterocycles. The summed E-state index contributed by atoms with van der Waals surface area (Å²) in [5.74, 6) is -0.844. The van der Waals surface area contributed by atoms with Gasteiger partial charge in [0.2, 0.25) is 0 Å². The summed E-state index contributed by atoms with van der Waals surface area (Å²) in [5.41, 5.74) is 2.51. The second-order valence-corrected chi connectivity index (χ2v) is 6.02. The summed E-state index contributed by atoms with van der Waals surface area (Å²) in [7, 11) is 0. The summed E-state index contributed by atoms with van der Waals surface area (Å²) >= 11 is 3.27. The van der Waals surface area contributed by atoms with E-state index < -0.39 is 0 Å². The van der Waals surface area contributed by atoms with Crippen LogP contribution in [0.3, 0.4) is 0 Å². The van der Waals surface area contributed by atoms with E-state index in [9.17, 15) is 14.0 Å². The maximum Gasteiger partial charge on any atom is 0.268 e. The average Bonchev–Trinajstić information content (AvgIpc) is 2.74. The first-order valence-electron chi connectivity index (χ1n) is 6.73. The molecule has 0 fully saturated rings. The van der Waals surface area contributed by atoms with Crippen molar-refractivity contribution < 1.29 is 14.0 Å². The first-order valence-corrected chi connectivity index (χ1v) is 7.52. The van der Waals surface area contributed by atoms with Crippen LogP contribution in [0.5, 0.6) is 0 Å².